The lowest BCUT2D eigenvalue weighted by atomic mass is 9.73. The third-order valence-corrected chi connectivity index (χ3v) is 11.9. The molecular weight excluding hydrogens is 582 g/mol. The number of aromatic nitrogens is 2. The lowest BCUT2D eigenvalue weighted by Crippen LogP contribution is -2.47. The Morgan fingerprint density at radius 3 is 2.52 bits per heavy atom. The third-order valence-electron chi connectivity index (χ3n) is 11.9. The molecule has 3 fully saturated rings. The number of nitrogens with zero attached hydrogens (tertiary/aromatic N) is 3. The van der Waals surface area contributed by atoms with Crippen molar-refractivity contribution in [3.8, 4) is 11.6 Å². The van der Waals surface area contributed by atoms with Crippen LogP contribution in [0.3, 0.4) is 0 Å². The van der Waals surface area contributed by atoms with Gasteiger partial charge in [0, 0.05) is 12.0 Å². The van der Waals surface area contributed by atoms with Gasteiger partial charge in [0.15, 0.2) is 0 Å². The van der Waals surface area contributed by atoms with Crippen molar-refractivity contribution in [3.63, 3.8) is 0 Å². The number of methoxy groups -OCH3 is 1. The molecule has 1 saturated heterocycles. The van der Waals surface area contributed by atoms with Crippen molar-refractivity contribution in [3.05, 3.63) is 23.9 Å². The Balaban J connectivity index is 1.38. The van der Waals surface area contributed by atoms with Crippen LogP contribution >= 0.6 is 0 Å². The first-order chi connectivity index (χ1) is 22.2. The molecule has 1 aromatic heterocycles. The fraction of sp³-hybridized carbons (Fsp3) is 0.703. The summed E-state index contributed by atoms with van der Waals surface area (Å²) in [7, 11) is 1.63. The van der Waals surface area contributed by atoms with Gasteiger partial charge in [-0.05, 0) is 88.2 Å². The zero-order valence-corrected chi connectivity index (χ0v) is 28.1. The Morgan fingerprint density at radius 2 is 1.78 bits per heavy atom. The number of carbonyl (C=O) groups is 3. The summed E-state index contributed by atoms with van der Waals surface area (Å²) in [4.78, 5) is 52.7. The largest absolute Gasteiger partial charge is 0.497 e. The molecule has 0 unspecified atom stereocenters. The number of ether oxygens (including phenoxy) is 3. The second kappa shape index (κ2) is 13.5. The van der Waals surface area contributed by atoms with E-state index in [0.29, 0.717) is 35.9 Å². The third kappa shape index (κ3) is 6.35. The normalized spacial score (nSPS) is 32.2. The summed E-state index contributed by atoms with van der Waals surface area (Å²) in [6.07, 6.45) is 12.7. The van der Waals surface area contributed by atoms with Gasteiger partial charge in [0.2, 0.25) is 11.8 Å². The van der Waals surface area contributed by atoms with Crippen LogP contribution < -0.4 is 9.47 Å². The molecule has 2 saturated carbocycles. The number of esters is 1. The van der Waals surface area contributed by atoms with Gasteiger partial charge in [-0.15, -0.1) is 0 Å². The molecule has 2 aliphatic carbocycles. The average Bonchev–Trinajstić information content (AvgIpc) is 3.75. The molecule has 6 atom stereocenters. The zero-order chi connectivity index (χ0) is 32.5. The molecule has 2 bridgehead atoms. The van der Waals surface area contributed by atoms with Crippen LogP contribution in [0, 0.1) is 23.2 Å². The Morgan fingerprint density at radius 1 is 1.00 bits per heavy atom. The molecule has 6 rings (SSSR count). The van der Waals surface area contributed by atoms with E-state index >= 15 is 0 Å². The maximum Gasteiger partial charge on any atom is 0.307 e. The van der Waals surface area contributed by atoms with E-state index in [1.807, 2.05) is 25.1 Å². The highest BCUT2D eigenvalue weighted by Gasteiger charge is 2.51. The van der Waals surface area contributed by atoms with E-state index in [2.05, 4.69) is 13.8 Å². The van der Waals surface area contributed by atoms with Crippen molar-refractivity contribution >= 4 is 29.2 Å². The predicted octanol–water partition coefficient (Wildman–Crippen LogP) is 6.63. The first-order valence-corrected chi connectivity index (χ1v) is 17.7. The number of amides is 1. The molecule has 0 radical (unpaired) electrons. The molecule has 0 N–H and O–H groups in total. The second-order valence-electron chi connectivity index (χ2n) is 14.8. The number of fused-ring (bicyclic) bond motifs is 5. The van der Waals surface area contributed by atoms with Crippen molar-refractivity contribution in [2.24, 2.45) is 23.2 Å². The molecule has 250 valence electrons. The van der Waals surface area contributed by atoms with Gasteiger partial charge in [0.1, 0.15) is 29.4 Å². The molecule has 1 aromatic carbocycles. The zero-order valence-electron chi connectivity index (χ0n) is 28.1. The number of hydrogen-bond acceptors (Lipinski definition) is 8. The summed E-state index contributed by atoms with van der Waals surface area (Å²) in [5, 5.41) is 0. The monoisotopic (exact) mass is 633 g/mol. The van der Waals surface area contributed by atoms with E-state index in [9.17, 15) is 14.4 Å². The number of rotatable bonds is 4. The Bertz CT molecular complexity index is 1440. The van der Waals surface area contributed by atoms with Crippen LogP contribution in [0.25, 0.3) is 11.0 Å². The summed E-state index contributed by atoms with van der Waals surface area (Å²) in [6.45, 7) is 6.53. The predicted molar refractivity (Wildman–Crippen MR) is 175 cm³/mol. The molecule has 1 amide bonds. The van der Waals surface area contributed by atoms with Crippen LogP contribution in [0.5, 0.6) is 11.6 Å². The number of carbonyl (C=O) groups excluding carboxylic acids is 3. The van der Waals surface area contributed by atoms with Crippen molar-refractivity contribution < 1.29 is 28.6 Å². The summed E-state index contributed by atoms with van der Waals surface area (Å²) < 4.78 is 18.5. The van der Waals surface area contributed by atoms with Crippen molar-refractivity contribution in [1.82, 2.24) is 14.9 Å². The Hall–Kier alpha value is -3.23. The van der Waals surface area contributed by atoms with Gasteiger partial charge in [-0.2, -0.15) is 0 Å². The minimum Gasteiger partial charge on any atom is -0.497 e. The maximum absolute atomic E-state index is 14.6. The molecular formula is C37H51N3O6. The standard InChI is InChI=1S/C37H51N3O6/c1-5-26-31(23-41)40-22-32(26)45-34-29(38-28-16-15-25(44-4)20-30(28)39-34)14-8-6-7-12-24-13-11-19-37(24,3)46-33(42)21-27(35(40)43)36(2)17-9-10-18-36/h15-16,20,23-24,26-27,31-32H,5-14,17-19,21-22H2,1-4H3/t24-,26+,27-,31-,32+,37-/m1/s1. The van der Waals surface area contributed by atoms with Crippen LogP contribution in [-0.2, 0) is 25.5 Å². The highest BCUT2D eigenvalue weighted by molar-refractivity contribution is 5.87. The maximum atomic E-state index is 14.6. The van der Waals surface area contributed by atoms with E-state index in [1.54, 1.807) is 12.0 Å². The minimum absolute atomic E-state index is 0.0458. The summed E-state index contributed by atoms with van der Waals surface area (Å²) in [6, 6.07) is 5.03. The number of benzene rings is 1. The van der Waals surface area contributed by atoms with Crippen LogP contribution in [0.4, 0.5) is 0 Å². The SMILES string of the molecule is CC[C@@H]1[C@@H]2CN(C(=O)[C@H](C3(C)CCCC3)CC(=O)O[C@]3(C)CCC[C@H]3CCCCCc3nc4ccc(OC)cc4nc3O2)[C@@H]1C=O. The van der Waals surface area contributed by atoms with Crippen LogP contribution in [0.2, 0.25) is 0 Å². The lowest BCUT2D eigenvalue weighted by molar-refractivity contribution is -0.167. The van der Waals surface area contributed by atoms with Crippen molar-refractivity contribution in [2.45, 2.75) is 128 Å². The van der Waals surface area contributed by atoms with Gasteiger partial charge in [-0.1, -0.05) is 39.5 Å². The van der Waals surface area contributed by atoms with Gasteiger partial charge >= 0.3 is 5.97 Å². The molecule has 3 heterocycles. The van der Waals surface area contributed by atoms with Crippen molar-refractivity contribution in [2.75, 3.05) is 13.7 Å². The second-order valence-corrected chi connectivity index (χ2v) is 14.8. The Labute approximate surface area is 273 Å². The quantitative estimate of drug-likeness (QED) is 0.273. The van der Waals surface area contributed by atoms with E-state index in [1.165, 1.54) is 0 Å². The molecule has 2 aromatic rings. The fourth-order valence-corrected chi connectivity index (χ4v) is 9.01. The van der Waals surface area contributed by atoms with E-state index in [0.717, 1.165) is 88.1 Å². The van der Waals surface area contributed by atoms with Crippen LogP contribution in [-0.4, -0.2) is 64.4 Å². The first kappa shape index (κ1) is 32.7. The molecule has 9 nitrogen and oxygen atoms in total. The van der Waals surface area contributed by atoms with Gasteiger partial charge in [-0.3, -0.25) is 9.59 Å². The Kier molecular flexibility index (Phi) is 9.58. The fourth-order valence-electron chi connectivity index (χ4n) is 9.01. The molecule has 4 aliphatic rings. The number of aldehydes is 1. The molecule has 46 heavy (non-hydrogen) atoms. The van der Waals surface area contributed by atoms with Crippen LogP contribution in [0.15, 0.2) is 18.2 Å². The smallest absolute Gasteiger partial charge is 0.307 e. The molecule has 9 heteroatoms. The summed E-state index contributed by atoms with van der Waals surface area (Å²) in [5.74, 6) is 0.298. The van der Waals surface area contributed by atoms with Crippen molar-refractivity contribution in [1.29, 1.82) is 0 Å². The van der Waals surface area contributed by atoms with Crippen LogP contribution in [0.1, 0.15) is 110 Å². The molecule has 0 spiro atoms. The minimum atomic E-state index is -0.637. The summed E-state index contributed by atoms with van der Waals surface area (Å²) in [5.41, 5.74) is 1.44. The highest BCUT2D eigenvalue weighted by atomic mass is 16.6. The van der Waals surface area contributed by atoms with Gasteiger partial charge in [0.25, 0.3) is 0 Å². The topological polar surface area (TPSA) is 108 Å². The average molecular weight is 634 g/mol. The van der Waals surface area contributed by atoms with Gasteiger partial charge < -0.3 is 23.9 Å². The number of aryl methyl sites for hydroxylation is 1. The van der Waals surface area contributed by atoms with Gasteiger partial charge in [-0.25, -0.2) is 9.97 Å². The first-order valence-electron chi connectivity index (χ1n) is 17.7. The van der Waals surface area contributed by atoms with Gasteiger partial charge in [0.05, 0.1) is 43.1 Å². The number of hydrogen-bond donors (Lipinski definition) is 0. The summed E-state index contributed by atoms with van der Waals surface area (Å²) >= 11 is 0. The molecule has 2 aliphatic heterocycles. The van der Waals surface area contributed by atoms with E-state index < -0.39 is 23.7 Å². The lowest BCUT2D eigenvalue weighted by Gasteiger charge is -2.38. The highest BCUT2D eigenvalue weighted by Crippen LogP contribution is 2.48. The van der Waals surface area contributed by atoms with E-state index in [4.69, 9.17) is 24.2 Å². The van der Waals surface area contributed by atoms with E-state index in [-0.39, 0.29) is 36.2 Å².